The number of hydrogen-bond donors (Lipinski definition) is 3. The van der Waals surface area contributed by atoms with Crippen LogP contribution in [0.15, 0.2) is 35.8 Å². The normalized spacial score (nSPS) is 24.0. The molecule has 0 saturated heterocycles. The van der Waals surface area contributed by atoms with Crippen LogP contribution in [0.25, 0.3) is 11.1 Å². The maximum atomic E-state index is 12.9. The van der Waals surface area contributed by atoms with Crippen molar-refractivity contribution in [3.63, 3.8) is 0 Å². The highest BCUT2D eigenvalue weighted by atomic mass is 35.5. The van der Waals surface area contributed by atoms with Crippen LogP contribution >= 0.6 is 58.0 Å². The molecule has 3 N–H and O–H groups in total. The zero-order valence-corrected chi connectivity index (χ0v) is 34.9. The number of aryl methyl sites for hydroxylation is 2. The fraction of sp³-hybridized carbons (Fsp3) is 0.474. The number of carbonyl (C=O) groups is 4. The van der Waals surface area contributed by atoms with Gasteiger partial charge in [-0.15, -0.1) is 0 Å². The van der Waals surface area contributed by atoms with Crippen LogP contribution in [0.1, 0.15) is 74.6 Å². The van der Waals surface area contributed by atoms with E-state index in [-0.39, 0.29) is 53.3 Å². The van der Waals surface area contributed by atoms with Crippen molar-refractivity contribution in [3.8, 4) is 0 Å². The van der Waals surface area contributed by atoms with Gasteiger partial charge in [-0.1, -0.05) is 46.4 Å². The predicted octanol–water partition coefficient (Wildman–Crippen LogP) is 9.27. The number of ether oxygens (including phenoxy) is 5. The SMILES string of the molecule is CCOC(=O)Cl.CCOC(=O)OC1=C(c2c(C)cc(Cl)cc2Cl)C(=O)NC12CCC(OC)C2.COC1CCC2(C1)NC(=O)C(c1c(C)cc(Cl)cc1Cl)=C2O. The fourth-order valence-corrected chi connectivity index (χ4v) is 8.89. The molecule has 4 atom stereocenters. The molecule has 2 heterocycles. The van der Waals surface area contributed by atoms with Crippen LogP contribution in [-0.4, -0.2) is 79.2 Å². The summed E-state index contributed by atoms with van der Waals surface area (Å²) >= 11 is 29.4. The zero-order valence-electron chi connectivity index (χ0n) is 31.1. The molecule has 2 aliphatic carbocycles. The van der Waals surface area contributed by atoms with Gasteiger partial charge in [0, 0.05) is 59.8 Å². The molecule has 4 aliphatic rings. The second-order valence-electron chi connectivity index (χ2n) is 13.3. The second-order valence-corrected chi connectivity index (χ2v) is 15.3. The molecule has 2 amide bonds. The summed E-state index contributed by atoms with van der Waals surface area (Å²) in [5.74, 6) is -0.359. The summed E-state index contributed by atoms with van der Waals surface area (Å²) in [6.45, 7) is 7.51. The van der Waals surface area contributed by atoms with Crippen LogP contribution in [0, 0.1) is 13.8 Å². The Morgan fingerprint density at radius 2 is 1.22 bits per heavy atom. The van der Waals surface area contributed by atoms with Crippen LogP contribution in [0.2, 0.25) is 20.1 Å². The Hall–Kier alpha value is -3.23. The summed E-state index contributed by atoms with van der Waals surface area (Å²) in [4.78, 5) is 47.1. The van der Waals surface area contributed by atoms with Crippen LogP contribution in [0.3, 0.4) is 0 Å². The summed E-state index contributed by atoms with van der Waals surface area (Å²) in [6.07, 6.45) is 2.94. The third-order valence-corrected chi connectivity index (χ3v) is 11.0. The van der Waals surface area contributed by atoms with Crippen LogP contribution < -0.4 is 10.6 Å². The predicted molar refractivity (Wildman–Crippen MR) is 211 cm³/mol. The minimum absolute atomic E-state index is 0.0311. The number of nitrogens with one attached hydrogen (secondary N) is 2. The van der Waals surface area contributed by atoms with E-state index in [2.05, 4.69) is 15.4 Å². The van der Waals surface area contributed by atoms with Gasteiger partial charge < -0.3 is 39.4 Å². The van der Waals surface area contributed by atoms with Crippen molar-refractivity contribution in [1.82, 2.24) is 10.6 Å². The van der Waals surface area contributed by atoms with Gasteiger partial charge in [-0.3, -0.25) is 9.59 Å². The number of hydrogen-bond acceptors (Lipinski definition) is 10. The molecule has 55 heavy (non-hydrogen) atoms. The lowest BCUT2D eigenvalue weighted by atomic mass is 9.92. The van der Waals surface area contributed by atoms with Crippen molar-refractivity contribution >= 4 is 92.5 Å². The van der Waals surface area contributed by atoms with Crippen molar-refractivity contribution in [2.75, 3.05) is 27.4 Å². The molecule has 2 saturated carbocycles. The summed E-state index contributed by atoms with van der Waals surface area (Å²) in [7, 11) is 3.26. The Morgan fingerprint density at radius 1 is 0.764 bits per heavy atom. The Morgan fingerprint density at radius 3 is 1.65 bits per heavy atom. The number of benzene rings is 2. The van der Waals surface area contributed by atoms with E-state index in [4.69, 9.17) is 77.0 Å². The molecule has 0 radical (unpaired) electrons. The maximum Gasteiger partial charge on any atom is 0.513 e. The van der Waals surface area contributed by atoms with Crippen LogP contribution in [-0.2, 0) is 33.3 Å². The van der Waals surface area contributed by atoms with Crippen molar-refractivity contribution in [3.05, 3.63) is 78.1 Å². The number of aliphatic hydroxyl groups excluding tert-OH is 1. The maximum absolute atomic E-state index is 12.9. The lowest BCUT2D eigenvalue weighted by molar-refractivity contribution is -0.117. The minimum Gasteiger partial charge on any atom is -0.509 e. The lowest BCUT2D eigenvalue weighted by Gasteiger charge is -2.26. The average Bonchev–Trinajstić information content (AvgIpc) is 3.83. The molecule has 0 aromatic heterocycles. The summed E-state index contributed by atoms with van der Waals surface area (Å²) < 4.78 is 25.5. The van der Waals surface area contributed by atoms with E-state index in [9.17, 15) is 24.3 Å². The van der Waals surface area contributed by atoms with Crippen molar-refractivity contribution in [1.29, 1.82) is 0 Å². The Balaban J connectivity index is 0.000000216. The quantitative estimate of drug-likeness (QED) is 0.181. The Bertz CT molecular complexity index is 1860. The number of methoxy groups -OCH3 is 2. The summed E-state index contributed by atoms with van der Waals surface area (Å²) in [5, 5.41) is 18.3. The molecule has 4 unspecified atom stereocenters. The molecule has 2 aromatic rings. The molecule has 0 bridgehead atoms. The second kappa shape index (κ2) is 18.8. The standard InChI is InChI=1S/C19H21Cl2NO5.C16H17Cl2NO3.C3H5ClO2/c1-4-26-18(24)27-16-15(14-10(2)7-11(20)8-13(14)21)17(23)22-19(16)6-5-12(9-19)25-3;1-8-5-9(17)6-11(18)12(8)13-14(20)16(19-15(13)21)4-3-10(7-16)22-2;1-2-6-3(4)5/h7-8,12H,4-6,9H2,1-3H3,(H,22,23);5-6,10,20H,3-4,7H2,1-2H3,(H,19,21);2H2,1H3. The molecule has 300 valence electrons. The number of aliphatic hydroxyl groups is 1. The van der Waals surface area contributed by atoms with Gasteiger partial charge in [0.25, 0.3) is 11.8 Å². The van der Waals surface area contributed by atoms with Gasteiger partial charge in [-0.25, -0.2) is 9.59 Å². The Labute approximate surface area is 344 Å². The van der Waals surface area contributed by atoms with Gasteiger partial charge in [0.05, 0.1) is 46.6 Å². The highest BCUT2D eigenvalue weighted by Crippen LogP contribution is 2.48. The first kappa shape index (κ1) is 44.5. The smallest absolute Gasteiger partial charge is 0.509 e. The van der Waals surface area contributed by atoms with Crippen molar-refractivity contribution in [2.24, 2.45) is 0 Å². The molecular formula is C38H43Cl5N2O10. The number of rotatable bonds is 7. The van der Waals surface area contributed by atoms with Gasteiger partial charge in [0.1, 0.15) is 16.8 Å². The average molecular weight is 865 g/mol. The van der Waals surface area contributed by atoms with Gasteiger partial charge >= 0.3 is 11.6 Å². The molecule has 2 aliphatic heterocycles. The highest BCUT2D eigenvalue weighted by Gasteiger charge is 2.54. The molecule has 2 spiro atoms. The molecule has 2 fully saturated rings. The first-order chi connectivity index (χ1) is 26.0. The van der Waals surface area contributed by atoms with E-state index in [1.54, 1.807) is 59.3 Å². The molecular weight excluding hydrogens is 822 g/mol. The summed E-state index contributed by atoms with van der Waals surface area (Å²) in [6, 6.07) is 6.58. The topological polar surface area (TPSA) is 159 Å². The molecule has 17 heteroatoms. The number of carbonyl (C=O) groups excluding carboxylic acids is 4. The Kier molecular flexibility index (Phi) is 15.2. The number of amides is 2. The van der Waals surface area contributed by atoms with Gasteiger partial charge in [-0.2, -0.15) is 0 Å². The van der Waals surface area contributed by atoms with Gasteiger partial charge in [0.2, 0.25) is 0 Å². The molecule has 12 nitrogen and oxygen atoms in total. The third-order valence-electron chi connectivity index (χ3n) is 9.83. The largest absolute Gasteiger partial charge is 0.513 e. The molecule has 6 rings (SSSR count). The summed E-state index contributed by atoms with van der Waals surface area (Å²) in [5.41, 5.74) is 0.688. The van der Waals surface area contributed by atoms with E-state index < -0.39 is 22.7 Å². The van der Waals surface area contributed by atoms with Gasteiger partial charge in [0.15, 0.2) is 5.76 Å². The van der Waals surface area contributed by atoms with Crippen LogP contribution in [0.5, 0.6) is 0 Å². The third kappa shape index (κ3) is 9.84. The van der Waals surface area contributed by atoms with Crippen LogP contribution in [0.4, 0.5) is 9.59 Å². The van der Waals surface area contributed by atoms with Crippen molar-refractivity contribution < 1.29 is 48.0 Å². The van der Waals surface area contributed by atoms with E-state index in [0.29, 0.717) is 69.1 Å². The minimum atomic E-state index is -0.857. The van der Waals surface area contributed by atoms with E-state index in [1.807, 2.05) is 6.92 Å². The first-order valence-corrected chi connectivity index (χ1v) is 19.3. The van der Waals surface area contributed by atoms with E-state index in [0.717, 1.165) is 18.4 Å². The first-order valence-electron chi connectivity index (χ1n) is 17.4. The highest BCUT2D eigenvalue weighted by molar-refractivity contribution is 6.61. The fourth-order valence-electron chi connectivity index (χ4n) is 7.41. The van der Waals surface area contributed by atoms with E-state index >= 15 is 0 Å². The molecule has 2 aromatic carbocycles. The lowest BCUT2D eigenvalue weighted by Crippen LogP contribution is -2.43. The van der Waals surface area contributed by atoms with Crippen molar-refractivity contribution in [2.45, 2.75) is 89.5 Å². The van der Waals surface area contributed by atoms with E-state index in [1.165, 1.54) is 0 Å². The van der Waals surface area contributed by atoms with Gasteiger partial charge in [-0.05, 0) is 88.8 Å². The monoisotopic (exact) mass is 862 g/mol. The number of halogens is 5. The zero-order chi connectivity index (χ0) is 40.8.